The number of hydrogen-bond acceptors (Lipinski definition) is 3. The lowest BCUT2D eigenvalue weighted by Crippen LogP contribution is -2.21. The molecular weight excluding hydrogens is 206 g/mol. The Hall–Kier alpha value is -0.390. The topological polar surface area (TPSA) is 46.2 Å². The summed E-state index contributed by atoms with van der Waals surface area (Å²) in [7, 11) is -3.08. The van der Waals surface area contributed by atoms with Gasteiger partial charge in [0, 0.05) is 16.3 Å². The van der Waals surface area contributed by atoms with E-state index in [-0.39, 0.29) is 0 Å². The van der Waals surface area contributed by atoms with E-state index in [2.05, 4.69) is 4.72 Å². The highest BCUT2D eigenvalue weighted by atomic mass is 32.2. The first-order valence-corrected chi connectivity index (χ1v) is 6.60. The van der Waals surface area contributed by atoms with E-state index in [1.807, 2.05) is 19.9 Å². The maximum Gasteiger partial charge on any atom is 0.209 e. The summed E-state index contributed by atoms with van der Waals surface area (Å²) in [5, 5.41) is 0. The summed E-state index contributed by atoms with van der Waals surface area (Å²) in [6.45, 7) is 4.41. The molecule has 1 aromatic rings. The van der Waals surface area contributed by atoms with Crippen molar-refractivity contribution in [3.8, 4) is 0 Å². The molecule has 1 N–H and O–H groups in total. The van der Waals surface area contributed by atoms with Crippen molar-refractivity contribution in [1.29, 1.82) is 0 Å². The molecular formula is C8H13NO2S2. The minimum absolute atomic E-state index is 0.398. The lowest BCUT2D eigenvalue weighted by molar-refractivity contribution is 0.587. The van der Waals surface area contributed by atoms with Crippen LogP contribution in [-0.2, 0) is 16.6 Å². The Morgan fingerprint density at radius 1 is 1.46 bits per heavy atom. The fourth-order valence-corrected chi connectivity index (χ4v) is 2.43. The van der Waals surface area contributed by atoms with E-state index in [1.165, 1.54) is 16.0 Å². The number of nitrogens with one attached hydrogen (secondary N) is 1. The maximum absolute atomic E-state index is 10.8. The Balaban J connectivity index is 2.70. The van der Waals surface area contributed by atoms with Gasteiger partial charge in [0.25, 0.3) is 0 Å². The zero-order valence-electron chi connectivity index (χ0n) is 7.92. The molecule has 5 heteroatoms. The van der Waals surface area contributed by atoms with Crippen LogP contribution >= 0.6 is 11.3 Å². The first-order valence-electron chi connectivity index (χ1n) is 3.89. The van der Waals surface area contributed by atoms with Gasteiger partial charge in [-0.05, 0) is 25.5 Å². The fourth-order valence-electron chi connectivity index (χ4n) is 1.07. The predicted octanol–water partition coefficient (Wildman–Crippen LogP) is 1.41. The van der Waals surface area contributed by atoms with E-state index in [1.54, 1.807) is 11.3 Å². The van der Waals surface area contributed by atoms with Gasteiger partial charge in [-0.1, -0.05) is 0 Å². The van der Waals surface area contributed by atoms with Crippen molar-refractivity contribution in [2.45, 2.75) is 20.4 Å². The third-order valence-corrected chi connectivity index (χ3v) is 3.35. The first kappa shape index (κ1) is 10.7. The predicted molar refractivity (Wildman–Crippen MR) is 55.5 cm³/mol. The van der Waals surface area contributed by atoms with Crippen molar-refractivity contribution < 1.29 is 8.42 Å². The molecule has 0 bridgehead atoms. The Kier molecular flexibility index (Phi) is 3.10. The SMILES string of the molecule is Cc1cc(CNS(C)(=O)=O)c(C)s1. The minimum Gasteiger partial charge on any atom is -0.213 e. The van der Waals surface area contributed by atoms with E-state index < -0.39 is 10.0 Å². The molecule has 0 radical (unpaired) electrons. The number of rotatable bonds is 3. The first-order chi connectivity index (χ1) is 5.88. The summed E-state index contributed by atoms with van der Waals surface area (Å²) < 4.78 is 24.1. The van der Waals surface area contributed by atoms with Crippen molar-refractivity contribution in [3.05, 3.63) is 21.4 Å². The van der Waals surface area contributed by atoms with Crippen LogP contribution in [0.25, 0.3) is 0 Å². The molecule has 1 rings (SSSR count). The number of hydrogen-bond donors (Lipinski definition) is 1. The molecule has 0 atom stereocenters. The highest BCUT2D eigenvalue weighted by molar-refractivity contribution is 7.88. The average molecular weight is 219 g/mol. The molecule has 1 heterocycles. The van der Waals surface area contributed by atoms with E-state index in [0.29, 0.717) is 6.54 Å². The lowest BCUT2D eigenvalue weighted by Gasteiger charge is -2.00. The van der Waals surface area contributed by atoms with Crippen LogP contribution in [0.5, 0.6) is 0 Å². The van der Waals surface area contributed by atoms with Crippen molar-refractivity contribution in [2.24, 2.45) is 0 Å². The van der Waals surface area contributed by atoms with Crippen molar-refractivity contribution in [3.63, 3.8) is 0 Å². The molecule has 0 aliphatic heterocycles. The molecule has 74 valence electrons. The van der Waals surface area contributed by atoms with Gasteiger partial charge in [-0.3, -0.25) is 0 Å². The summed E-state index contributed by atoms with van der Waals surface area (Å²) in [5.74, 6) is 0. The van der Waals surface area contributed by atoms with Gasteiger partial charge in [0.15, 0.2) is 0 Å². The highest BCUT2D eigenvalue weighted by Gasteiger charge is 2.05. The monoisotopic (exact) mass is 219 g/mol. The van der Waals surface area contributed by atoms with Gasteiger partial charge in [-0.25, -0.2) is 13.1 Å². The van der Waals surface area contributed by atoms with Crippen molar-refractivity contribution >= 4 is 21.4 Å². The molecule has 0 spiro atoms. The van der Waals surface area contributed by atoms with E-state index in [4.69, 9.17) is 0 Å². The van der Waals surface area contributed by atoms with Crippen LogP contribution in [0.3, 0.4) is 0 Å². The van der Waals surface area contributed by atoms with Crippen LogP contribution in [0.15, 0.2) is 6.07 Å². The van der Waals surface area contributed by atoms with Gasteiger partial charge in [0.05, 0.1) is 6.26 Å². The Labute approximate surface area is 82.8 Å². The molecule has 0 unspecified atom stereocenters. The Morgan fingerprint density at radius 3 is 2.46 bits per heavy atom. The van der Waals surface area contributed by atoms with Gasteiger partial charge < -0.3 is 0 Å². The fraction of sp³-hybridized carbons (Fsp3) is 0.500. The number of thiophene rings is 1. The summed E-state index contributed by atoms with van der Waals surface area (Å²) in [6, 6.07) is 2.01. The van der Waals surface area contributed by atoms with E-state index in [0.717, 1.165) is 5.56 Å². The van der Waals surface area contributed by atoms with Gasteiger partial charge in [-0.2, -0.15) is 0 Å². The molecule has 0 aromatic carbocycles. The van der Waals surface area contributed by atoms with E-state index in [9.17, 15) is 8.42 Å². The molecule has 3 nitrogen and oxygen atoms in total. The number of sulfonamides is 1. The van der Waals surface area contributed by atoms with Crippen LogP contribution < -0.4 is 4.72 Å². The summed E-state index contributed by atoms with van der Waals surface area (Å²) in [6.07, 6.45) is 1.17. The minimum atomic E-state index is -3.08. The summed E-state index contributed by atoms with van der Waals surface area (Å²) in [4.78, 5) is 2.39. The maximum atomic E-state index is 10.8. The second-order valence-corrected chi connectivity index (χ2v) is 6.33. The normalized spacial score (nSPS) is 11.9. The van der Waals surface area contributed by atoms with Crippen LogP contribution in [-0.4, -0.2) is 14.7 Å². The molecule has 0 saturated heterocycles. The van der Waals surface area contributed by atoms with Crippen molar-refractivity contribution in [2.75, 3.05) is 6.26 Å². The van der Waals surface area contributed by atoms with Crippen LogP contribution in [0.2, 0.25) is 0 Å². The number of aryl methyl sites for hydroxylation is 2. The standard InChI is InChI=1S/C8H13NO2S2/c1-6-4-8(7(2)12-6)5-9-13(3,10)11/h4,9H,5H2,1-3H3. The average Bonchev–Trinajstić information content (AvgIpc) is 2.24. The Bertz CT molecular complexity index is 392. The van der Waals surface area contributed by atoms with Crippen LogP contribution in [0.1, 0.15) is 15.3 Å². The molecule has 0 amide bonds. The Morgan fingerprint density at radius 2 is 2.08 bits per heavy atom. The highest BCUT2D eigenvalue weighted by Crippen LogP contribution is 2.20. The molecule has 1 aromatic heterocycles. The smallest absolute Gasteiger partial charge is 0.209 e. The third-order valence-electron chi connectivity index (χ3n) is 1.67. The van der Waals surface area contributed by atoms with Gasteiger partial charge in [-0.15, -0.1) is 11.3 Å². The summed E-state index contributed by atoms with van der Waals surface area (Å²) >= 11 is 1.68. The zero-order chi connectivity index (χ0) is 10.1. The summed E-state index contributed by atoms with van der Waals surface area (Å²) in [5.41, 5.74) is 1.06. The molecule has 0 aliphatic rings. The van der Waals surface area contributed by atoms with E-state index >= 15 is 0 Å². The van der Waals surface area contributed by atoms with Gasteiger partial charge >= 0.3 is 0 Å². The van der Waals surface area contributed by atoms with Crippen molar-refractivity contribution in [1.82, 2.24) is 4.72 Å². The quantitative estimate of drug-likeness (QED) is 0.835. The second kappa shape index (κ2) is 3.77. The van der Waals surface area contributed by atoms with Gasteiger partial charge in [0.1, 0.15) is 0 Å². The third kappa shape index (κ3) is 3.46. The van der Waals surface area contributed by atoms with Crippen LogP contribution in [0.4, 0.5) is 0 Å². The molecule has 0 saturated carbocycles. The molecule has 13 heavy (non-hydrogen) atoms. The zero-order valence-corrected chi connectivity index (χ0v) is 9.55. The molecule has 0 aliphatic carbocycles. The van der Waals surface area contributed by atoms with Gasteiger partial charge in [0.2, 0.25) is 10.0 Å². The van der Waals surface area contributed by atoms with Crippen LogP contribution in [0, 0.1) is 13.8 Å². The molecule has 0 fully saturated rings. The second-order valence-electron chi connectivity index (χ2n) is 3.03. The largest absolute Gasteiger partial charge is 0.213 e. The lowest BCUT2D eigenvalue weighted by atomic mass is 10.2.